The van der Waals surface area contributed by atoms with Crippen molar-refractivity contribution in [2.45, 2.75) is 32.9 Å². The van der Waals surface area contributed by atoms with Crippen molar-refractivity contribution < 1.29 is 13.9 Å². The van der Waals surface area contributed by atoms with Crippen LogP contribution in [0.15, 0.2) is 18.2 Å². The zero-order valence-corrected chi connectivity index (χ0v) is 16.7. The highest BCUT2D eigenvalue weighted by atomic mass is 35.5. The van der Waals surface area contributed by atoms with Gasteiger partial charge in [0.15, 0.2) is 0 Å². The summed E-state index contributed by atoms with van der Waals surface area (Å²) in [7, 11) is 3.30. The second kappa shape index (κ2) is 9.48. The van der Waals surface area contributed by atoms with Crippen molar-refractivity contribution >= 4 is 39.7 Å². The molecule has 1 amide bonds. The Morgan fingerprint density at radius 2 is 2.08 bits per heavy atom. The number of halogens is 2. The van der Waals surface area contributed by atoms with E-state index in [4.69, 9.17) is 10.5 Å². The first-order valence-electron chi connectivity index (χ1n) is 8.06. The summed E-state index contributed by atoms with van der Waals surface area (Å²) in [6.07, 6.45) is 0.735. The first kappa shape index (κ1) is 21.8. The number of hydrogen-bond acceptors (Lipinski definition) is 4. The molecule has 0 radical (unpaired) electrons. The molecular weight excluding hydrogens is 363 g/mol. The maximum absolute atomic E-state index is 14.2. The number of benzene rings is 1. The van der Waals surface area contributed by atoms with Crippen LogP contribution >= 0.6 is 23.7 Å². The second-order valence-electron chi connectivity index (χ2n) is 6.38. The number of thiophene rings is 1. The molecule has 2 N–H and O–H groups in total. The summed E-state index contributed by atoms with van der Waals surface area (Å²) < 4.78 is 20.2. The number of fused-ring (bicyclic) bond motifs is 1. The number of rotatable bonds is 7. The molecule has 0 saturated carbocycles. The van der Waals surface area contributed by atoms with E-state index in [1.54, 1.807) is 25.1 Å². The van der Waals surface area contributed by atoms with Crippen molar-refractivity contribution in [1.29, 1.82) is 0 Å². The van der Waals surface area contributed by atoms with Crippen LogP contribution in [0.25, 0.3) is 10.1 Å². The third-order valence-electron chi connectivity index (χ3n) is 4.25. The molecule has 0 fully saturated rings. The van der Waals surface area contributed by atoms with E-state index in [-0.39, 0.29) is 36.8 Å². The van der Waals surface area contributed by atoms with Crippen LogP contribution in [-0.2, 0) is 11.3 Å². The first-order valence-corrected chi connectivity index (χ1v) is 8.88. The molecule has 1 unspecified atom stereocenters. The second-order valence-corrected chi connectivity index (χ2v) is 7.43. The van der Waals surface area contributed by atoms with Crippen LogP contribution in [-0.4, -0.2) is 37.6 Å². The molecule has 2 aromatic rings. The van der Waals surface area contributed by atoms with Crippen molar-refractivity contribution in [2.75, 3.05) is 20.7 Å². The number of methoxy groups -OCH3 is 1. The average molecular weight is 389 g/mol. The van der Waals surface area contributed by atoms with E-state index in [0.29, 0.717) is 28.3 Å². The van der Waals surface area contributed by atoms with E-state index < -0.39 is 0 Å². The van der Waals surface area contributed by atoms with Crippen LogP contribution in [0.2, 0.25) is 0 Å². The SMILES string of the molecule is COCc1c(C(=O)N(C)CCC(N)C(C)C)sc2cccc(F)c12.Cl. The fourth-order valence-corrected chi connectivity index (χ4v) is 3.79. The van der Waals surface area contributed by atoms with Crippen molar-refractivity contribution in [3.63, 3.8) is 0 Å². The van der Waals surface area contributed by atoms with E-state index in [2.05, 4.69) is 13.8 Å². The number of hydrogen-bond donors (Lipinski definition) is 1. The van der Waals surface area contributed by atoms with Crippen LogP contribution in [0.4, 0.5) is 4.39 Å². The van der Waals surface area contributed by atoms with E-state index in [0.717, 1.165) is 11.1 Å². The third-order valence-corrected chi connectivity index (χ3v) is 5.43. The summed E-state index contributed by atoms with van der Waals surface area (Å²) in [5.74, 6) is -0.0612. The summed E-state index contributed by atoms with van der Waals surface area (Å²) >= 11 is 1.31. The summed E-state index contributed by atoms with van der Waals surface area (Å²) in [5.41, 5.74) is 6.68. The minimum absolute atomic E-state index is 0. The molecule has 0 aliphatic rings. The van der Waals surface area contributed by atoms with E-state index in [9.17, 15) is 9.18 Å². The van der Waals surface area contributed by atoms with E-state index in [1.807, 2.05) is 6.07 Å². The Kier molecular flexibility index (Phi) is 8.28. The highest BCUT2D eigenvalue weighted by molar-refractivity contribution is 7.21. The molecule has 4 nitrogen and oxygen atoms in total. The lowest BCUT2D eigenvalue weighted by molar-refractivity contribution is 0.0789. The van der Waals surface area contributed by atoms with Crippen molar-refractivity contribution in [3.8, 4) is 0 Å². The zero-order valence-electron chi connectivity index (χ0n) is 15.0. The Balaban J connectivity index is 0.00000312. The molecule has 1 heterocycles. The Labute approximate surface area is 158 Å². The van der Waals surface area contributed by atoms with Gasteiger partial charge in [0.2, 0.25) is 0 Å². The molecule has 0 spiro atoms. The molecule has 1 atom stereocenters. The quantitative estimate of drug-likeness (QED) is 0.778. The van der Waals surface area contributed by atoms with Crippen LogP contribution in [0.5, 0.6) is 0 Å². The fraction of sp³-hybridized carbons (Fsp3) is 0.500. The number of amides is 1. The van der Waals surface area contributed by atoms with Crippen LogP contribution in [0.1, 0.15) is 35.5 Å². The minimum Gasteiger partial charge on any atom is -0.380 e. The molecule has 25 heavy (non-hydrogen) atoms. The maximum Gasteiger partial charge on any atom is 0.264 e. The molecule has 2 rings (SSSR count). The summed E-state index contributed by atoms with van der Waals surface area (Å²) in [5, 5.41) is 0.486. The van der Waals surface area contributed by atoms with Crippen LogP contribution in [0.3, 0.4) is 0 Å². The normalized spacial score (nSPS) is 12.3. The van der Waals surface area contributed by atoms with E-state index in [1.165, 1.54) is 17.4 Å². The average Bonchev–Trinajstić information content (AvgIpc) is 2.91. The van der Waals surface area contributed by atoms with Gasteiger partial charge in [-0.1, -0.05) is 19.9 Å². The highest BCUT2D eigenvalue weighted by Crippen LogP contribution is 2.34. The van der Waals surface area contributed by atoms with Gasteiger partial charge in [-0.3, -0.25) is 4.79 Å². The summed E-state index contributed by atoms with van der Waals surface area (Å²) in [6, 6.07) is 4.95. The highest BCUT2D eigenvalue weighted by Gasteiger charge is 2.23. The zero-order chi connectivity index (χ0) is 17.9. The van der Waals surface area contributed by atoms with Gasteiger partial charge in [0.1, 0.15) is 5.82 Å². The predicted octanol–water partition coefficient (Wildman–Crippen LogP) is 4.05. The van der Waals surface area contributed by atoms with Gasteiger partial charge in [-0.25, -0.2) is 4.39 Å². The monoisotopic (exact) mass is 388 g/mol. The summed E-state index contributed by atoms with van der Waals surface area (Å²) in [6.45, 7) is 4.92. The molecular formula is C18H26ClFN2O2S. The molecule has 7 heteroatoms. The number of carbonyl (C=O) groups is 1. The van der Waals surface area contributed by atoms with Gasteiger partial charge in [0.05, 0.1) is 11.5 Å². The van der Waals surface area contributed by atoms with Gasteiger partial charge in [-0.2, -0.15) is 0 Å². The minimum atomic E-state index is -0.320. The lowest BCUT2D eigenvalue weighted by Gasteiger charge is -2.21. The largest absolute Gasteiger partial charge is 0.380 e. The Morgan fingerprint density at radius 3 is 2.68 bits per heavy atom. The molecule has 0 saturated heterocycles. The van der Waals surface area contributed by atoms with E-state index >= 15 is 0 Å². The lowest BCUT2D eigenvalue weighted by Crippen LogP contribution is -2.34. The topological polar surface area (TPSA) is 55.6 Å². The molecule has 1 aromatic heterocycles. The van der Waals surface area contributed by atoms with Crippen LogP contribution in [0, 0.1) is 11.7 Å². The van der Waals surface area contributed by atoms with Crippen molar-refractivity contribution in [1.82, 2.24) is 4.90 Å². The molecule has 140 valence electrons. The molecule has 0 aliphatic heterocycles. The van der Waals surface area contributed by atoms with Gasteiger partial charge in [-0.05, 0) is 24.5 Å². The number of nitrogens with two attached hydrogens (primary N) is 1. The number of nitrogens with zero attached hydrogens (tertiary/aromatic N) is 1. The number of carbonyl (C=O) groups excluding carboxylic acids is 1. The summed E-state index contributed by atoms with van der Waals surface area (Å²) in [4.78, 5) is 15.0. The van der Waals surface area contributed by atoms with Crippen LogP contribution < -0.4 is 5.73 Å². The Hall–Kier alpha value is -1.21. The maximum atomic E-state index is 14.2. The fourth-order valence-electron chi connectivity index (χ4n) is 2.57. The Bertz CT molecular complexity index is 720. The van der Waals surface area contributed by atoms with Crippen molar-refractivity contribution in [3.05, 3.63) is 34.5 Å². The lowest BCUT2D eigenvalue weighted by atomic mass is 10.0. The van der Waals surface area contributed by atoms with Gasteiger partial charge in [-0.15, -0.1) is 23.7 Å². The third kappa shape index (κ3) is 4.91. The van der Waals surface area contributed by atoms with Gasteiger partial charge in [0.25, 0.3) is 5.91 Å². The Morgan fingerprint density at radius 1 is 1.40 bits per heavy atom. The standard InChI is InChI=1S/C18H25FN2O2S.ClH/c1-11(2)14(20)8-9-21(3)18(22)17-12(10-23-4)16-13(19)6-5-7-15(16)24-17;/h5-7,11,14H,8-10,20H2,1-4H3;1H. The van der Waals surface area contributed by atoms with Crippen molar-refractivity contribution in [2.24, 2.45) is 11.7 Å². The smallest absolute Gasteiger partial charge is 0.264 e. The molecule has 0 bridgehead atoms. The predicted molar refractivity (Wildman–Crippen MR) is 104 cm³/mol. The first-order chi connectivity index (χ1) is 11.4. The molecule has 0 aliphatic carbocycles. The number of ether oxygens (including phenoxy) is 1. The van der Waals surface area contributed by atoms with Gasteiger partial charge < -0.3 is 15.4 Å². The van der Waals surface area contributed by atoms with Gasteiger partial charge >= 0.3 is 0 Å². The van der Waals surface area contributed by atoms with Gasteiger partial charge in [0, 0.05) is 42.4 Å². The molecule has 1 aromatic carbocycles.